The van der Waals surface area contributed by atoms with Crippen LogP contribution in [0.4, 0.5) is 0 Å². The van der Waals surface area contributed by atoms with E-state index in [2.05, 4.69) is 29.5 Å². The Morgan fingerprint density at radius 2 is 1.55 bits per heavy atom. The summed E-state index contributed by atoms with van der Waals surface area (Å²) in [6.07, 6.45) is 10.6. The average Bonchev–Trinajstić information content (AvgIpc) is 1.85. The van der Waals surface area contributed by atoms with E-state index < -0.39 is 0 Å². The lowest BCUT2D eigenvalue weighted by atomic mass is 9.56. The van der Waals surface area contributed by atoms with Crippen LogP contribution in [0.2, 0.25) is 0 Å². The van der Waals surface area contributed by atoms with Gasteiger partial charge in [0.1, 0.15) is 0 Å². The van der Waals surface area contributed by atoms with Gasteiger partial charge in [-0.25, -0.2) is 0 Å². The van der Waals surface area contributed by atoms with E-state index in [-0.39, 0.29) is 0 Å². The highest BCUT2D eigenvalue weighted by Gasteiger charge is 2.49. The van der Waals surface area contributed by atoms with Gasteiger partial charge in [-0.05, 0) is 31.1 Å². The Labute approximate surface area is 83.3 Å². The van der Waals surface area contributed by atoms with Gasteiger partial charge in [-0.3, -0.25) is 0 Å². The van der Waals surface area contributed by atoms with Crippen LogP contribution in [0.1, 0.15) is 51.9 Å². The predicted octanol–water partition coefficient (Wildman–Crippen LogP) is 3.92. The highest BCUT2D eigenvalue weighted by Crippen LogP contribution is 2.60. The molecule has 0 aromatic heterocycles. The first kappa shape index (κ1) is 8.33. The standard InChI is InChI=1S/C10H17I/c1-9(11)7-10(8-9)5-3-2-4-6-10/h2-8H2,1H3. The van der Waals surface area contributed by atoms with Crippen molar-refractivity contribution < 1.29 is 0 Å². The predicted molar refractivity (Wildman–Crippen MR) is 57.2 cm³/mol. The molecule has 64 valence electrons. The van der Waals surface area contributed by atoms with Crippen molar-refractivity contribution >= 4 is 22.6 Å². The van der Waals surface area contributed by atoms with Gasteiger partial charge < -0.3 is 0 Å². The Kier molecular flexibility index (Phi) is 1.98. The fourth-order valence-corrected chi connectivity index (χ4v) is 4.79. The van der Waals surface area contributed by atoms with E-state index in [0.717, 1.165) is 5.41 Å². The summed E-state index contributed by atoms with van der Waals surface area (Å²) in [5.74, 6) is 0. The Morgan fingerprint density at radius 1 is 1.00 bits per heavy atom. The third kappa shape index (κ3) is 1.58. The van der Waals surface area contributed by atoms with Crippen LogP contribution in [0.5, 0.6) is 0 Å². The molecule has 2 rings (SSSR count). The van der Waals surface area contributed by atoms with E-state index in [1.165, 1.54) is 44.9 Å². The monoisotopic (exact) mass is 264 g/mol. The molecule has 0 aromatic carbocycles. The highest BCUT2D eigenvalue weighted by molar-refractivity contribution is 14.1. The molecule has 11 heavy (non-hydrogen) atoms. The van der Waals surface area contributed by atoms with Crippen LogP contribution in [0.3, 0.4) is 0 Å². The zero-order chi connectivity index (χ0) is 7.95. The van der Waals surface area contributed by atoms with Crippen LogP contribution in [0.15, 0.2) is 0 Å². The van der Waals surface area contributed by atoms with Gasteiger partial charge in [-0.2, -0.15) is 0 Å². The minimum absolute atomic E-state index is 0.662. The van der Waals surface area contributed by atoms with Crippen molar-refractivity contribution in [2.45, 2.75) is 55.3 Å². The van der Waals surface area contributed by atoms with E-state index in [4.69, 9.17) is 0 Å². The molecule has 1 heteroatoms. The molecule has 0 aliphatic heterocycles. The molecule has 0 heterocycles. The third-order valence-electron chi connectivity index (χ3n) is 3.40. The van der Waals surface area contributed by atoms with Gasteiger partial charge in [-0.15, -0.1) is 0 Å². The molecule has 0 atom stereocenters. The summed E-state index contributed by atoms with van der Waals surface area (Å²) in [5.41, 5.74) is 0.828. The summed E-state index contributed by atoms with van der Waals surface area (Å²) in [6, 6.07) is 0. The third-order valence-corrected chi connectivity index (χ3v) is 4.16. The zero-order valence-corrected chi connectivity index (χ0v) is 9.49. The lowest BCUT2D eigenvalue weighted by Gasteiger charge is -2.54. The SMILES string of the molecule is CC1(I)CC2(CCCCC2)C1. The molecule has 0 amide bonds. The van der Waals surface area contributed by atoms with E-state index in [1.54, 1.807) is 0 Å². The topological polar surface area (TPSA) is 0 Å². The van der Waals surface area contributed by atoms with Gasteiger partial charge in [0.2, 0.25) is 0 Å². The van der Waals surface area contributed by atoms with E-state index >= 15 is 0 Å². The van der Waals surface area contributed by atoms with Gasteiger partial charge >= 0.3 is 0 Å². The molecule has 2 aliphatic carbocycles. The molecule has 0 saturated heterocycles. The second kappa shape index (κ2) is 2.61. The summed E-state index contributed by atoms with van der Waals surface area (Å²) >= 11 is 2.64. The molecule has 0 bridgehead atoms. The van der Waals surface area contributed by atoms with Crippen molar-refractivity contribution in [2.24, 2.45) is 5.41 Å². The summed E-state index contributed by atoms with van der Waals surface area (Å²) in [5, 5.41) is 0. The van der Waals surface area contributed by atoms with Gasteiger partial charge in [0, 0.05) is 3.42 Å². The van der Waals surface area contributed by atoms with Gasteiger partial charge in [0.05, 0.1) is 0 Å². The number of hydrogen-bond donors (Lipinski definition) is 0. The summed E-state index contributed by atoms with van der Waals surface area (Å²) in [7, 11) is 0. The number of alkyl halides is 1. The first-order chi connectivity index (χ1) is 5.12. The van der Waals surface area contributed by atoms with Crippen LogP contribution >= 0.6 is 22.6 Å². The molecule has 2 fully saturated rings. The molecular weight excluding hydrogens is 247 g/mol. The van der Waals surface area contributed by atoms with Crippen LogP contribution < -0.4 is 0 Å². The number of halogens is 1. The van der Waals surface area contributed by atoms with E-state index in [9.17, 15) is 0 Å². The lowest BCUT2D eigenvalue weighted by molar-refractivity contribution is 0.0525. The van der Waals surface area contributed by atoms with Gasteiger partial charge in [0.15, 0.2) is 0 Å². The average molecular weight is 264 g/mol. The Morgan fingerprint density at radius 3 is 2.00 bits per heavy atom. The van der Waals surface area contributed by atoms with Gasteiger partial charge in [0.25, 0.3) is 0 Å². The maximum atomic E-state index is 2.64. The quantitative estimate of drug-likeness (QED) is 0.459. The summed E-state index contributed by atoms with van der Waals surface area (Å²) in [4.78, 5) is 0. The van der Waals surface area contributed by atoms with Crippen molar-refractivity contribution in [3.63, 3.8) is 0 Å². The summed E-state index contributed by atoms with van der Waals surface area (Å²) in [6.45, 7) is 2.41. The first-order valence-electron chi connectivity index (χ1n) is 4.81. The molecule has 2 aliphatic rings. The van der Waals surface area contributed by atoms with Gasteiger partial charge in [-0.1, -0.05) is 48.8 Å². The largest absolute Gasteiger partial charge is 0.0791 e. The van der Waals surface area contributed by atoms with Crippen molar-refractivity contribution in [3.8, 4) is 0 Å². The Balaban J connectivity index is 1.94. The Hall–Kier alpha value is 0.730. The van der Waals surface area contributed by atoms with E-state index in [1.807, 2.05) is 0 Å². The minimum Gasteiger partial charge on any atom is -0.0791 e. The molecule has 1 spiro atoms. The zero-order valence-electron chi connectivity index (χ0n) is 7.33. The molecule has 0 unspecified atom stereocenters. The molecule has 0 aromatic rings. The highest BCUT2D eigenvalue weighted by atomic mass is 127. The molecule has 0 N–H and O–H groups in total. The van der Waals surface area contributed by atoms with Crippen molar-refractivity contribution in [2.75, 3.05) is 0 Å². The first-order valence-corrected chi connectivity index (χ1v) is 5.89. The van der Waals surface area contributed by atoms with Crippen molar-refractivity contribution in [3.05, 3.63) is 0 Å². The van der Waals surface area contributed by atoms with Crippen LogP contribution in [-0.2, 0) is 0 Å². The second-order valence-corrected chi connectivity index (χ2v) is 7.43. The fraction of sp³-hybridized carbons (Fsp3) is 1.00. The van der Waals surface area contributed by atoms with Crippen LogP contribution in [0.25, 0.3) is 0 Å². The number of rotatable bonds is 0. The van der Waals surface area contributed by atoms with E-state index in [0.29, 0.717) is 3.42 Å². The van der Waals surface area contributed by atoms with Crippen molar-refractivity contribution in [1.82, 2.24) is 0 Å². The molecule has 0 nitrogen and oxygen atoms in total. The minimum atomic E-state index is 0.662. The lowest BCUT2D eigenvalue weighted by Crippen LogP contribution is -2.46. The smallest absolute Gasteiger partial charge is 0.0204 e. The number of hydrogen-bond acceptors (Lipinski definition) is 0. The normalized spacial score (nSPS) is 33.3. The maximum Gasteiger partial charge on any atom is 0.0204 e. The van der Waals surface area contributed by atoms with Crippen molar-refractivity contribution in [1.29, 1.82) is 0 Å². The maximum absolute atomic E-state index is 2.64. The molecular formula is C10H17I. The summed E-state index contributed by atoms with van der Waals surface area (Å²) < 4.78 is 0.662. The molecule has 0 radical (unpaired) electrons. The van der Waals surface area contributed by atoms with Crippen LogP contribution in [0, 0.1) is 5.41 Å². The second-order valence-electron chi connectivity index (χ2n) is 4.83. The fourth-order valence-electron chi connectivity index (χ4n) is 3.17. The Bertz CT molecular complexity index is 144. The molecule has 2 saturated carbocycles. The van der Waals surface area contributed by atoms with Crippen LogP contribution in [-0.4, -0.2) is 3.42 Å².